The van der Waals surface area contributed by atoms with Gasteiger partial charge in [0, 0.05) is 24.3 Å². The molecule has 5 heterocycles. The molecule has 0 aliphatic carbocycles. The first kappa shape index (κ1) is 29.7. The van der Waals surface area contributed by atoms with Crippen molar-refractivity contribution in [3.63, 3.8) is 0 Å². The molecular weight excluding hydrogens is 625 g/mol. The van der Waals surface area contributed by atoms with E-state index in [1.54, 1.807) is 12.3 Å². The van der Waals surface area contributed by atoms with Gasteiger partial charge in [0.2, 0.25) is 12.2 Å². The Hall–Kier alpha value is -1.79. The number of ether oxygens (including phenoxy) is 5. The van der Waals surface area contributed by atoms with Crippen LogP contribution in [0, 0.1) is 11.8 Å². The summed E-state index contributed by atoms with van der Waals surface area (Å²) in [5.74, 6) is 0.159. The lowest BCUT2D eigenvalue weighted by atomic mass is 9.80. The molecule has 4 aliphatic heterocycles. The number of rotatable bonds is 1. The second-order valence-electron chi connectivity index (χ2n) is 11.5. The molecular formula is C31H40INO7. The summed E-state index contributed by atoms with van der Waals surface area (Å²) in [4.78, 5) is 17.6. The van der Waals surface area contributed by atoms with E-state index in [-0.39, 0.29) is 54.4 Å². The number of carbonyl (C=O) groups is 1. The number of hydrogen-bond acceptors (Lipinski definition) is 8. The summed E-state index contributed by atoms with van der Waals surface area (Å²) in [7, 11) is 0. The Balaban J connectivity index is 1.40. The van der Waals surface area contributed by atoms with Gasteiger partial charge < -0.3 is 28.1 Å². The van der Waals surface area contributed by atoms with Gasteiger partial charge in [0.25, 0.3) is 0 Å². The van der Waals surface area contributed by atoms with Crippen molar-refractivity contribution in [2.24, 2.45) is 11.8 Å². The van der Waals surface area contributed by atoms with Gasteiger partial charge in [-0.3, -0.25) is 0 Å². The molecule has 8 nitrogen and oxygen atoms in total. The van der Waals surface area contributed by atoms with Crippen LogP contribution < -0.4 is 0 Å². The van der Waals surface area contributed by atoms with E-state index in [2.05, 4.69) is 54.9 Å². The SMILES string of the molecule is C=C1CC2C/C=C\C(=O)O[C@H]3[C@@H](C)C(C/C=C/c4nc(co4)C4OCCC(CC(C1)O2)O4)OC(/C(C)=C/I)[C@@H]3C. The summed E-state index contributed by atoms with van der Waals surface area (Å²) in [6, 6.07) is 0. The molecule has 5 rings (SSSR count). The molecule has 6 unspecified atom stereocenters. The van der Waals surface area contributed by atoms with Gasteiger partial charge in [-0.05, 0) is 54.8 Å². The number of oxazole rings is 1. The Morgan fingerprint density at radius 1 is 1.05 bits per heavy atom. The van der Waals surface area contributed by atoms with Crippen molar-refractivity contribution in [1.29, 1.82) is 0 Å². The summed E-state index contributed by atoms with van der Waals surface area (Å²) in [5, 5.41) is 0. The van der Waals surface area contributed by atoms with Crippen molar-refractivity contribution < 1.29 is 32.9 Å². The predicted octanol–water partition coefficient (Wildman–Crippen LogP) is 6.63. The quantitative estimate of drug-likeness (QED) is 0.188. The number of halogens is 1. The van der Waals surface area contributed by atoms with Crippen molar-refractivity contribution in [1.82, 2.24) is 4.98 Å². The molecule has 0 N–H and O–H groups in total. The van der Waals surface area contributed by atoms with Crippen LogP contribution in [0.3, 0.4) is 0 Å². The molecule has 1 aromatic heterocycles. The molecule has 218 valence electrons. The van der Waals surface area contributed by atoms with E-state index >= 15 is 0 Å². The molecule has 40 heavy (non-hydrogen) atoms. The van der Waals surface area contributed by atoms with Crippen molar-refractivity contribution in [2.45, 2.75) is 102 Å². The topological polar surface area (TPSA) is 89.3 Å². The largest absolute Gasteiger partial charge is 0.458 e. The van der Waals surface area contributed by atoms with Gasteiger partial charge in [-0.2, -0.15) is 0 Å². The maximum Gasteiger partial charge on any atom is 0.330 e. The van der Waals surface area contributed by atoms with Crippen LogP contribution in [0.15, 0.2) is 50.7 Å². The van der Waals surface area contributed by atoms with Gasteiger partial charge in [0.05, 0.1) is 37.1 Å². The molecule has 0 amide bonds. The predicted molar refractivity (Wildman–Crippen MR) is 158 cm³/mol. The number of hydrogen-bond donors (Lipinski definition) is 0. The van der Waals surface area contributed by atoms with E-state index < -0.39 is 6.29 Å². The maximum absolute atomic E-state index is 13.0. The zero-order valence-electron chi connectivity index (χ0n) is 23.5. The van der Waals surface area contributed by atoms with Gasteiger partial charge in [0.15, 0.2) is 0 Å². The fourth-order valence-electron chi connectivity index (χ4n) is 6.23. The molecule has 0 saturated carbocycles. The summed E-state index contributed by atoms with van der Waals surface area (Å²) in [6.45, 7) is 11.1. The standard InChI is InChI=1S/C31H40INO7/c1-18-13-22-7-5-10-28(34)40-30-20(3)26(39-29(21(30)4)19(2)16-32)8-6-9-27-33-25(17-36-27)31-35-12-11-23(38-31)15-24(14-18)37-22/h5-6,9-10,16-17,20-24,26,29-31H,1,7-8,11-15H2,2-4H3/b9-6+,10-5-,19-16+/t20-,21-,22?,23?,24?,26?,29?,30-,31?/m0/s1. The maximum atomic E-state index is 13.0. The smallest absolute Gasteiger partial charge is 0.330 e. The lowest BCUT2D eigenvalue weighted by Crippen LogP contribution is -2.50. The average molecular weight is 666 g/mol. The van der Waals surface area contributed by atoms with Gasteiger partial charge in [-0.15, -0.1) is 0 Å². The number of fused-ring (bicyclic) bond motifs is 9. The molecule has 3 fully saturated rings. The molecule has 0 radical (unpaired) electrons. The number of aromatic nitrogens is 1. The van der Waals surface area contributed by atoms with Gasteiger partial charge in [-0.25, -0.2) is 9.78 Å². The zero-order chi connectivity index (χ0) is 28.2. The lowest BCUT2D eigenvalue weighted by Gasteiger charge is -2.44. The van der Waals surface area contributed by atoms with Crippen LogP contribution in [0.5, 0.6) is 0 Å². The highest BCUT2D eigenvalue weighted by Gasteiger charge is 2.43. The van der Waals surface area contributed by atoms with Gasteiger partial charge in [0.1, 0.15) is 18.1 Å². The molecule has 4 aliphatic rings. The van der Waals surface area contributed by atoms with Gasteiger partial charge in [-0.1, -0.05) is 60.7 Å². The summed E-state index contributed by atoms with van der Waals surface area (Å²) < 4.78 is 38.9. The Morgan fingerprint density at radius 2 is 1.85 bits per heavy atom. The minimum absolute atomic E-state index is 0.00350. The second kappa shape index (κ2) is 13.5. The molecule has 0 aromatic carbocycles. The fraction of sp³-hybridized carbons (Fsp3) is 0.613. The summed E-state index contributed by atoms with van der Waals surface area (Å²) in [6.07, 6.45) is 12.1. The third-order valence-electron chi connectivity index (χ3n) is 8.33. The Bertz CT molecular complexity index is 1140. The van der Waals surface area contributed by atoms with Crippen molar-refractivity contribution in [2.75, 3.05) is 6.61 Å². The first-order valence-corrected chi connectivity index (χ1v) is 15.6. The third-order valence-corrected chi connectivity index (χ3v) is 9.31. The monoisotopic (exact) mass is 665 g/mol. The van der Waals surface area contributed by atoms with Crippen LogP contribution in [0.4, 0.5) is 0 Å². The van der Waals surface area contributed by atoms with Crippen LogP contribution >= 0.6 is 22.6 Å². The molecule has 9 heteroatoms. The van der Waals surface area contributed by atoms with Crippen molar-refractivity contribution >= 4 is 34.6 Å². The number of nitrogens with zero attached hydrogens (tertiary/aromatic N) is 1. The van der Waals surface area contributed by atoms with E-state index in [0.29, 0.717) is 31.0 Å². The lowest BCUT2D eigenvalue weighted by molar-refractivity contribution is -0.227. The van der Waals surface area contributed by atoms with Crippen LogP contribution in [-0.4, -0.2) is 54.2 Å². The number of esters is 1. The van der Waals surface area contributed by atoms with Crippen LogP contribution in [0.1, 0.15) is 77.2 Å². The molecule has 8 bridgehead atoms. The van der Waals surface area contributed by atoms with Crippen molar-refractivity contribution in [3.8, 4) is 0 Å². The van der Waals surface area contributed by atoms with E-state index in [9.17, 15) is 4.79 Å². The van der Waals surface area contributed by atoms with Crippen LogP contribution in [0.25, 0.3) is 6.08 Å². The Morgan fingerprint density at radius 3 is 2.67 bits per heavy atom. The normalized spacial score (nSPS) is 39.5. The molecule has 9 atom stereocenters. The van der Waals surface area contributed by atoms with Gasteiger partial charge >= 0.3 is 5.97 Å². The highest BCUT2D eigenvalue weighted by Crippen LogP contribution is 2.38. The average Bonchev–Trinajstić information content (AvgIpc) is 3.40. The Labute approximate surface area is 250 Å². The molecule has 3 saturated heterocycles. The summed E-state index contributed by atoms with van der Waals surface area (Å²) >= 11 is 2.24. The second-order valence-corrected chi connectivity index (χ2v) is 12.1. The van der Waals surface area contributed by atoms with E-state index in [0.717, 1.165) is 36.8 Å². The highest BCUT2D eigenvalue weighted by atomic mass is 127. The minimum atomic E-state index is -0.569. The Kier molecular flexibility index (Phi) is 9.99. The zero-order valence-corrected chi connectivity index (χ0v) is 25.7. The van der Waals surface area contributed by atoms with E-state index in [4.69, 9.17) is 28.1 Å². The fourth-order valence-corrected chi connectivity index (χ4v) is 6.58. The first-order valence-electron chi connectivity index (χ1n) is 14.3. The van der Waals surface area contributed by atoms with Crippen LogP contribution in [0.2, 0.25) is 0 Å². The van der Waals surface area contributed by atoms with E-state index in [1.807, 2.05) is 22.3 Å². The minimum Gasteiger partial charge on any atom is -0.458 e. The summed E-state index contributed by atoms with van der Waals surface area (Å²) in [5.41, 5.74) is 2.90. The van der Waals surface area contributed by atoms with Crippen LogP contribution in [-0.2, 0) is 28.5 Å². The van der Waals surface area contributed by atoms with Crippen molar-refractivity contribution in [3.05, 3.63) is 57.9 Å². The number of carbonyl (C=O) groups excluding carboxylic acids is 1. The highest BCUT2D eigenvalue weighted by molar-refractivity contribution is 14.1. The first-order chi connectivity index (χ1) is 19.3. The van der Waals surface area contributed by atoms with E-state index in [1.165, 1.54) is 0 Å². The molecule has 1 aromatic rings. The molecule has 0 spiro atoms. The third kappa shape index (κ3) is 7.15.